The number of benzene rings is 2. The fourth-order valence-corrected chi connectivity index (χ4v) is 11.0. The van der Waals surface area contributed by atoms with Gasteiger partial charge in [0.1, 0.15) is 23.4 Å². The van der Waals surface area contributed by atoms with Crippen LogP contribution in [0, 0.1) is 23.6 Å². The van der Waals surface area contributed by atoms with E-state index in [0.29, 0.717) is 61.6 Å². The second-order valence-corrected chi connectivity index (χ2v) is 19.6. The molecule has 2 heterocycles. The minimum absolute atomic E-state index is 0.0136. The number of hydrogen-bond donors (Lipinski definition) is 3. The summed E-state index contributed by atoms with van der Waals surface area (Å²) in [6, 6.07) is 10.6. The minimum Gasteiger partial charge on any atom is -0.459 e. The summed E-state index contributed by atoms with van der Waals surface area (Å²) in [5, 5.41) is 27.9. The van der Waals surface area contributed by atoms with Crippen molar-refractivity contribution in [1.29, 1.82) is 0 Å². The van der Waals surface area contributed by atoms with Crippen LogP contribution < -0.4 is 14.8 Å². The third-order valence-electron chi connectivity index (χ3n) is 14.5. The number of nitrogens with one attached hydrogen (secondary N) is 1. The van der Waals surface area contributed by atoms with Crippen molar-refractivity contribution in [2.45, 2.75) is 172 Å². The number of halogens is 1. The highest BCUT2D eigenvalue weighted by Crippen LogP contribution is 2.62. The summed E-state index contributed by atoms with van der Waals surface area (Å²) in [6.07, 6.45) is 23.2. The molecule has 392 valence electrons. The van der Waals surface area contributed by atoms with E-state index in [-0.39, 0.29) is 57.1 Å². The molecule has 2 aliphatic heterocycles. The minimum atomic E-state index is -1.57. The molecule has 0 spiro atoms. The highest BCUT2D eigenvalue weighted by Gasteiger charge is 2.66. The van der Waals surface area contributed by atoms with Gasteiger partial charge in [0.05, 0.1) is 31.5 Å². The van der Waals surface area contributed by atoms with Gasteiger partial charge in [0.15, 0.2) is 0 Å². The number of hydrogen-bond acceptors (Lipinski definition) is 11. The van der Waals surface area contributed by atoms with Gasteiger partial charge in [-0.05, 0) is 105 Å². The van der Waals surface area contributed by atoms with E-state index in [1.807, 2.05) is 12.1 Å². The average Bonchev–Trinajstić information content (AvgIpc) is 3.38. The van der Waals surface area contributed by atoms with E-state index >= 15 is 0 Å². The molecule has 2 amide bonds. The largest absolute Gasteiger partial charge is 0.459 e. The Kier molecular flexibility index (Phi) is 23.2. The number of rotatable bonds is 31. The normalized spacial score (nSPS) is 23.9. The van der Waals surface area contributed by atoms with Crippen molar-refractivity contribution in [3.8, 4) is 11.5 Å². The first-order valence-electron chi connectivity index (χ1n) is 26.9. The van der Waals surface area contributed by atoms with Crippen LogP contribution in [0.4, 0.5) is 14.0 Å². The number of oxime groups is 1. The lowest BCUT2D eigenvalue weighted by Gasteiger charge is -2.59. The zero-order chi connectivity index (χ0) is 50.3. The fraction of sp³-hybridized carbons (Fsp3) is 0.632. The number of nitrogens with zero attached hydrogens (tertiary/aromatic N) is 2. The number of carbonyl (C=O) groups is 2. The number of unbranched alkanes of at least 4 members (excludes halogenated alkanes) is 11. The smallest absolute Gasteiger partial charge is 0.412 e. The van der Waals surface area contributed by atoms with Crippen LogP contribution in [0.3, 0.4) is 0 Å². The third kappa shape index (κ3) is 15.6. The van der Waals surface area contributed by atoms with Crippen molar-refractivity contribution in [3.63, 3.8) is 0 Å². The predicted molar refractivity (Wildman–Crippen MR) is 274 cm³/mol. The number of fused-ring (bicyclic) bond motifs is 2. The van der Waals surface area contributed by atoms with Crippen LogP contribution in [-0.4, -0.2) is 90.7 Å². The van der Waals surface area contributed by atoms with E-state index in [9.17, 15) is 24.2 Å². The zero-order valence-corrected chi connectivity index (χ0v) is 42.4. The Bertz CT molecular complexity index is 2020. The first-order chi connectivity index (χ1) is 34.8. The van der Waals surface area contributed by atoms with E-state index in [4.69, 9.17) is 33.7 Å². The van der Waals surface area contributed by atoms with Crippen molar-refractivity contribution in [2.75, 3.05) is 39.6 Å². The van der Waals surface area contributed by atoms with Crippen LogP contribution in [0.15, 0.2) is 84.6 Å². The molecular formula is C57H82FN3O10. The van der Waals surface area contributed by atoms with E-state index in [1.165, 1.54) is 57.1 Å². The molecule has 13 nitrogen and oxygen atoms in total. The van der Waals surface area contributed by atoms with Gasteiger partial charge in [-0.2, -0.15) is 0 Å². The molecule has 0 aromatic heterocycles. The van der Waals surface area contributed by atoms with E-state index in [1.54, 1.807) is 35.3 Å². The number of allylic oxidation sites excluding steroid dienone is 1. The number of carbonyl (C=O) groups excluding carboxylic acids is 2. The van der Waals surface area contributed by atoms with Crippen molar-refractivity contribution >= 4 is 17.9 Å². The topological polar surface area (TPSA) is 158 Å². The molecule has 71 heavy (non-hydrogen) atoms. The SMILES string of the molecule is C=CCCOC(=O)N(Cc1ccc(F)cc1)C1CC(=NOC2CCCCO2)C2=CC(CCCCO)C(CCCCO)C3c4cc(OC(=O)NCCCCCCCCCCCC)ccc4OC1(OCC=C)C23. The first kappa shape index (κ1) is 55.6. The molecule has 7 atom stereocenters. The Hall–Kier alpha value is -4.76. The molecule has 6 rings (SSSR count). The number of aliphatic hydroxyl groups is 2. The molecule has 3 N–H and O–H groups in total. The molecule has 2 aromatic rings. The van der Waals surface area contributed by atoms with Crippen LogP contribution in [0.2, 0.25) is 0 Å². The monoisotopic (exact) mass is 988 g/mol. The van der Waals surface area contributed by atoms with Crippen LogP contribution in [0.25, 0.3) is 0 Å². The van der Waals surface area contributed by atoms with Gasteiger partial charge < -0.3 is 44.1 Å². The molecule has 0 radical (unpaired) electrons. The van der Waals surface area contributed by atoms with Gasteiger partial charge in [0, 0.05) is 50.6 Å². The van der Waals surface area contributed by atoms with Gasteiger partial charge in [-0.25, -0.2) is 14.0 Å². The fourth-order valence-electron chi connectivity index (χ4n) is 11.0. The van der Waals surface area contributed by atoms with Crippen LogP contribution in [0.5, 0.6) is 11.5 Å². The number of amides is 2. The Morgan fingerprint density at radius 1 is 0.915 bits per heavy atom. The second-order valence-electron chi connectivity index (χ2n) is 19.6. The molecule has 2 aliphatic carbocycles. The second kappa shape index (κ2) is 29.7. The quantitative estimate of drug-likeness (QED) is 0.0377. The molecule has 2 fully saturated rings. The Balaban J connectivity index is 1.42. The summed E-state index contributed by atoms with van der Waals surface area (Å²) in [5.41, 5.74) is 2.93. The van der Waals surface area contributed by atoms with E-state index in [2.05, 4.69) is 31.5 Å². The molecule has 2 aromatic carbocycles. The lowest BCUT2D eigenvalue weighted by atomic mass is 9.55. The van der Waals surface area contributed by atoms with E-state index < -0.39 is 42.0 Å². The number of ether oxygens (including phenoxy) is 5. The summed E-state index contributed by atoms with van der Waals surface area (Å²) in [6.45, 7) is 11.4. The molecule has 7 unspecified atom stereocenters. The van der Waals surface area contributed by atoms with E-state index in [0.717, 1.165) is 68.9 Å². The molecule has 1 saturated heterocycles. The van der Waals surface area contributed by atoms with Gasteiger partial charge in [-0.3, -0.25) is 4.90 Å². The summed E-state index contributed by atoms with van der Waals surface area (Å²) in [4.78, 5) is 36.0. The van der Waals surface area contributed by atoms with Gasteiger partial charge in [-0.1, -0.05) is 113 Å². The van der Waals surface area contributed by atoms with Gasteiger partial charge in [0.25, 0.3) is 0 Å². The highest BCUT2D eigenvalue weighted by molar-refractivity contribution is 6.03. The Morgan fingerprint density at radius 2 is 1.65 bits per heavy atom. The summed E-state index contributed by atoms with van der Waals surface area (Å²) < 4.78 is 46.8. The molecule has 4 aliphatic rings. The molecular weight excluding hydrogens is 906 g/mol. The first-order valence-corrected chi connectivity index (χ1v) is 26.9. The molecule has 14 heteroatoms. The summed E-state index contributed by atoms with van der Waals surface area (Å²) in [7, 11) is 0. The predicted octanol–water partition coefficient (Wildman–Crippen LogP) is 12.2. The highest BCUT2D eigenvalue weighted by atomic mass is 19.1. The van der Waals surface area contributed by atoms with Crippen molar-refractivity contribution in [1.82, 2.24) is 10.2 Å². The molecule has 0 bridgehead atoms. The maximum absolute atomic E-state index is 14.7. The number of aliphatic hydroxyl groups excluding tert-OH is 2. The van der Waals surface area contributed by atoms with Gasteiger partial charge >= 0.3 is 12.2 Å². The summed E-state index contributed by atoms with van der Waals surface area (Å²) in [5.74, 6) is -2.16. The standard InChI is InChI=1S/C57H82FN3O10/c1-4-7-9-10-11-12-13-14-15-19-32-59-55(64)69-45-30-31-50-48(39-45)53-46(24-17-21-34-63)43(23-16-20-33-62)38-47-49(60-71-52-25-18-22-37-66-52)40-51(57(70-50,54(47)53)68-35-6-3)61(56(65)67-36-8-5-2)41-42-26-28-44(58)29-27-42/h5-6,26-31,38-39,43,46,51-54,62-63H,2-4,7-25,32-37,40-41H2,1H3,(H,59,64). The van der Waals surface area contributed by atoms with Crippen molar-refractivity contribution in [2.24, 2.45) is 22.9 Å². The van der Waals surface area contributed by atoms with Crippen molar-refractivity contribution < 1.29 is 52.7 Å². The average molecular weight is 988 g/mol. The maximum Gasteiger partial charge on any atom is 0.412 e. The summed E-state index contributed by atoms with van der Waals surface area (Å²) >= 11 is 0. The molecule has 1 saturated carbocycles. The van der Waals surface area contributed by atoms with Crippen molar-refractivity contribution in [3.05, 3.63) is 96.4 Å². The van der Waals surface area contributed by atoms with Crippen LogP contribution >= 0.6 is 0 Å². The Labute approximate surface area is 422 Å². The lowest BCUT2D eigenvalue weighted by molar-refractivity contribution is -0.256. The zero-order valence-electron chi connectivity index (χ0n) is 42.4. The van der Waals surface area contributed by atoms with Gasteiger partial charge in [0.2, 0.25) is 12.1 Å². The van der Waals surface area contributed by atoms with Gasteiger partial charge in [-0.15, -0.1) is 13.2 Å². The van der Waals surface area contributed by atoms with Crippen LogP contribution in [-0.2, 0) is 25.6 Å². The lowest BCUT2D eigenvalue weighted by Crippen LogP contribution is -2.70. The third-order valence-corrected chi connectivity index (χ3v) is 14.5. The Morgan fingerprint density at radius 3 is 2.34 bits per heavy atom. The maximum atomic E-state index is 14.7. The van der Waals surface area contributed by atoms with Crippen LogP contribution in [0.1, 0.15) is 159 Å².